The van der Waals surface area contributed by atoms with E-state index >= 15 is 0 Å². The molecule has 1 aromatic rings. The minimum absolute atomic E-state index is 0.0489. The Balaban J connectivity index is 1.99. The Morgan fingerprint density at radius 2 is 2.17 bits per heavy atom. The molecule has 0 saturated heterocycles. The fraction of sp³-hybridized carbons (Fsp3) is 0.500. The van der Waals surface area contributed by atoms with Gasteiger partial charge in [0.25, 0.3) is 5.91 Å². The summed E-state index contributed by atoms with van der Waals surface area (Å²) in [4.78, 5) is 12.1. The Hall–Kier alpha value is -1.55. The SMILES string of the molecule is COC1CCC(NC(=O)c2cc(C)cc(N)c2)C1. The maximum atomic E-state index is 12.1. The molecule has 2 rings (SSSR count). The molecule has 0 bridgehead atoms. The summed E-state index contributed by atoms with van der Waals surface area (Å²) in [6, 6.07) is 5.64. The molecule has 18 heavy (non-hydrogen) atoms. The molecule has 0 aliphatic heterocycles. The van der Waals surface area contributed by atoms with Gasteiger partial charge >= 0.3 is 0 Å². The van der Waals surface area contributed by atoms with E-state index in [9.17, 15) is 4.79 Å². The van der Waals surface area contributed by atoms with Gasteiger partial charge in [0, 0.05) is 24.4 Å². The Labute approximate surface area is 108 Å². The van der Waals surface area contributed by atoms with Crippen molar-refractivity contribution in [1.29, 1.82) is 0 Å². The molecule has 1 aliphatic carbocycles. The Kier molecular flexibility index (Phi) is 3.87. The van der Waals surface area contributed by atoms with E-state index in [4.69, 9.17) is 10.5 Å². The number of methoxy groups -OCH3 is 1. The van der Waals surface area contributed by atoms with E-state index in [1.54, 1.807) is 13.2 Å². The van der Waals surface area contributed by atoms with Crippen LogP contribution in [0.4, 0.5) is 5.69 Å². The van der Waals surface area contributed by atoms with Crippen molar-refractivity contribution in [3.05, 3.63) is 29.3 Å². The van der Waals surface area contributed by atoms with Crippen LogP contribution < -0.4 is 11.1 Å². The molecular formula is C14H20N2O2. The molecule has 3 N–H and O–H groups in total. The normalized spacial score (nSPS) is 23.0. The van der Waals surface area contributed by atoms with Crippen molar-refractivity contribution in [2.45, 2.75) is 38.3 Å². The number of rotatable bonds is 3. The number of benzene rings is 1. The van der Waals surface area contributed by atoms with E-state index in [2.05, 4.69) is 5.32 Å². The van der Waals surface area contributed by atoms with Crippen molar-refractivity contribution in [3.8, 4) is 0 Å². The highest BCUT2D eigenvalue weighted by atomic mass is 16.5. The molecule has 0 heterocycles. The van der Waals surface area contributed by atoms with Crippen molar-refractivity contribution < 1.29 is 9.53 Å². The lowest BCUT2D eigenvalue weighted by Gasteiger charge is -2.13. The summed E-state index contributed by atoms with van der Waals surface area (Å²) in [5.41, 5.74) is 8.01. The van der Waals surface area contributed by atoms with E-state index in [0.717, 1.165) is 24.8 Å². The minimum atomic E-state index is -0.0489. The van der Waals surface area contributed by atoms with E-state index < -0.39 is 0 Å². The molecule has 0 aromatic heterocycles. The van der Waals surface area contributed by atoms with Crippen molar-refractivity contribution >= 4 is 11.6 Å². The number of nitrogen functional groups attached to an aromatic ring is 1. The summed E-state index contributed by atoms with van der Waals surface area (Å²) in [5.74, 6) is -0.0489. The van der Waals surface area contributed by atoms with Crippen molar-refractivity contribution in [3.63, 3.8) is 0 Å². The van der Waals surface area contributed by atoms with Gasteiger partial charge < -0.3 is 15.8 Å². The van der Waals surface area contributed by atoms with Crippen LogP contribution in [0.1, 0.15) is 35.2 Å². The molecule has 98 valence electrons. The van der Waals surface area contributed by atoms with E-state index in [1.807, 2.05) is 19.1 Å². The zero-order valence-corrected chi connectivity index (χ0v) is 10.9. The zero-order chi connectivity index (χ0) is 13.1. The van der Waals surface area contributed by atoms with Crippen molar-refractivity contribution in [2.75, 3.05) is 12.8 Å². The molecule has 0 radical (unpaired) electrons. The highest BCUT2D eigenvalue weighted by Gasteiger charge is 2.25. The fourth-order valence-electron chi connectivity index (χ4n) is 2.50. The lowest BCUT2D eigenvalue weighted by Crippen LogP contribution is -2.33. The van der Waals surface area contributed by atoms with Gasteiger partial charge in [-0.15, -0.1) is 0 Å². The van der Waals surface area contributed by atoms with Crippen LogP contribution >= 0.6 is 0 Å². The number of nitrogens with one attached hydrogen (secondary N) is 1. The molecule has 0 spiro atoms. The molecule has 4 nitrogen and oxygen atoms in total. The van der Waals surface area contributed by atoms with Gasteiger partial charge in [-0.25, -0.2) is 0 Å². The van der Waals surface area contributed by atoms with Crippen LogP contribution in [0, 0.1) is 6.92 Å². The van der Waals surface area contributed by atoms with Crippen molar-refractivity contribution in [2.24, 2.45) is 0 Å². The number of hydrogen-bond acceptors (Lipinski definition) is 3. The topological polar surface area (TPSA) is 64.3 Å². The molecule has 4 heteroatoms. The first-order valence-corrected chi connectivity index (χ1v) is 6.29. The summed E-state index contributed by atoms with van der Waals surface area (Å²) in [7, 11) is 1.72. The smallest absolute Gasteiger partial charge is 0.251 e. The number of anilines is 1. The van der Waals surface area contributed by atoms with E-state index in [0.29, 0.717) is 11.3 Å². The molecule has 1 aliphatic rings. The molecular weight excluding hydrogens is 228 g/mol. The van der Waals surface area contributed by atoms with Crippen LogP contribution in [0.3, 0.4) is 0 Å². The Morgan fingerprint density at radius 3 is 2.78 bits per heavy atom. The van der Waals surface area contributed by atoms with Gasteiger partial charge in [-0.2, -0.15) is 0 Å². The molecule has 1 aromatic carbocycles. The average molecular weight is 248 g/mol. The van der Waals surface area contributed by atoms with Crippen LogP contribution in [-0.2, 0) is 4.74 Å². The summed E-state index contributed by atoms with van der Waals surface area (Å²) < 4.78 is 5.30. The third-order valence-electron chi connectivity index (χ3n) is 3.41. The van der Waals surface area contributed by atoms with Crippen molar-refractivity contribution in [1.82, 2.24) is 5.32 Å². The predicted molar refractivity (Wildman–Crippen MR) is 71.5 cm³/mol. The summed E-state index contributed by atoms with van der Waals surface area (Å²) in [5, 5.41) is 3.04. The largest absolute Gasteiger partial charge is 0.399 e. The summed E-state index contributed by atoms with van der Waals surface area (Å²) in [6.45, 7) is 1.93. The van der Waals surface area contributed by atoms with Gasteiger partial charge in [-0.3, -0.25) is 4.79 Å². The molecule has 1 amide bonds. The van der Waals surface area contributed by atoms with Crippen LogP contribution in [0.2, 0.25) is 0 Å². The highest BCUT2D eigenvalue weighted by Crippen LogP contribution is 2.22. The molecule has 2 unspecified atom stereocenters. The van der Waals surface area contributed by atoms with Gasteiger partial charge in [0.15, 0.2) is 0 Å². The lowest BCUT2D eigenvalue weighted by molar-refractivity contribution is 0.0915. The first-order valence-electron chi connectivity index (χ1n) is 6.29. The molecule has 2 atom stereocenters. The second kappa shape index (κ2) is 5.40. The number of hydrogen-bond donors (Lipinski definition) is 2. The second-order valence-electron chi connectivity index (χ2n) is 4.97. The highest BCUT2D eigenvalue weighted by molar-refractivity contribution is 5.95. The first kappa shape index (κ1) is 12.9. The van der Waals surface area contributed by atoms with Crippen LogP contribution in [0.15, 0.2) is 18.2 Å². The lowest BCUT2D eigenvalue weighted by atomic mass is 10.1. The third kappa shape index (κ3) is 3.01. The number of carbonyl (C=O) groups excluding carboxylic acids is 1. The third-order valence-corrected chi connectivity index (χ3v) is 3.41. The number of amides is 1. The van der Waals surface area contributed by atoms with Crippen LogP contribution in [0.25, 0.3) is 0 Å². The summed E-state index contributed by atoms with van der Waals surface area (Å²) in [6.07, 6.45) is 3.16. The maximum absolute atomic E-state index is 12.1. The molecule has 1 fully saturated rings. The monoisotopic (exact) mass is 248 g/mol. The number of aryl methyl sites for hydroxylation is 1. The average Bonchev–Trinajstić information content (AvgIpc) is 2.75. The Bertz CT molecular complexity index is 425. The number of carbonyl (C=O) groups is 1. The van der Waals surface area contributed by atoms with Gasteiger partial charge in [-0.05, 0) is 49.9 Å². The summed E-state index contributed by atoms with van der Waals surface area (Å²) >= 11 is 0. The van der Waals surface area contributed by atoms with Gasteiger partial charge in [0.2, 0.25) is 0 Å². The number of ether oxygens (including phenoxy) is 1. The van der Waals surface area contributed by atoms with E-state index in [1.165, 1.54) is 0 Å². The maximum Gasteiger partial charge on any atom is 0.251 e. The predicted octanol–water partition coefficient (Wildman–Crippen LogP) is 1.87. The second-order valence-corrected chi connectivity index (χ2v) is 4.97. The fourth-order valence-corrected chi connectivity index (χ4v) is 2.50. The van der Waals surface area contributed by atoms with E-state index in [-0.39, 0.29) is 18.1 Å². The first-order chi connectivity index (χ1) is 8.58. The van der Waals surface area contributed by atoms with Gasteiger partial charge in [-0.1, -0.05) is 0 Å². The van der Waals surface area contributed by atoms with Crippen LogP contribution in [-0.4, -0.2) is 25.2 Å². The minimum Gasteiger partial charge on any atom is -0.399 e. The number of nitrogens with two attached hydrogens (primary N) is 1. The Morgan fingerprint density at radius 1 is 1.39 bits per heavy atom. The standard InChI is InChI=1S/C14H20N2O2/c1-9-5-10(7-11(15)6-9)14(17)16-12-3-4-13(8-12)18-2/h5-7,12-13H,3-4,8,15H2,1-2H3,(H,16,17). The van der Waals surface area contributed by atoms with Gasteiger partial charge in [0.1, 0.15) is 0 Å². The van der Waals surface area contributed by atoms with Gasteiger partial charge in [0.05, 0.1) is 6.10 Å². The quantitative estimate of drug-likeness (QED) is 0.803. The molecule has 1 saturated carbocycles. The van der Waals surface area contributed by atoms with Crippen LogP contribution in [0.5, 0.6) is 0 Å². The zero-order valence-electron chi connectivity index (χ0n) is 10.9.